The van der Waals surface area contributed by atoms with Crippen LogP contribution < -0.4 is 10.6 Å². The van der Waals surface area contributed by atoms with Crippen molar-refractivity contribution in [3.05, 3.63) is 76.5 Å². The zero-order valence-electron chi connectivity index (χ0n) is 17.2. The summed E-state index contributed by atoms with van der Waals surface area (Å²) in [5.74, 6) is -0.707. The van der Waals surface area contributed by atoms with Crippen molar-refractivity contribution in [2.75, 3.05) is 10.6 Å². The summed E-state index contributed by atoms with van der Waals surface area (Å²) in [6.45, 7) is 1.75. The number of aryl methyl sites for hydroxylation is 2. The Morgan fingerprint density at radius 3 is 2.48 bits per heavy atom. The molecule has 170 valence electrons. The van der Waals surface area contributed by atoms with E-state index in [1.165, 1.54) is 12.1 Å². The van der Waals surface area contributed by atoms with Crippen molar-refractivity contribution in [2.24, 2.45) is 0 Å². The predicted octanol–water partition coefficient (Wildman–Crippen LogP) is 4.16. The fraction of sp³-hybridized carbons (Fsp3) is 0.200. The van der Waals surface area contributed by atoms with Crippen molar-refractivity contribution in [1.82, 2.24) is 35.1 Å². The minimum atomic E-state index is -0.617. The highest BCUT2D eigenvalue weighted by Crippen LogP contribution is 2.19. The van der Waals surface area contributed by atoms with Crippen LogP contribution in [0.4, 0.5) is 30.9 Å². The van der Waals surface area contributed by atoms with Gasteiger partial charge in [0.15, 0.2) is 11.6 Å². The van der Waals surface area contributed by atoms with E-state index in [0.717, 1.165) is 24.2 Å². The number of nitrogens with one attached hydrogen (secondary N) is 3. The Hall–Kier alpha value is -3.80. The first-order chi connectivity index (χ1) is 15.9. The first kappa shape index (κ1) is 22.4. The summed E-state index contributed by atoms with van der Waals surface area (Å²) in [5, 5.41) is 12.8. The number of nitrogens with zero attached hydrogens (tertiary/aromatic N) is 6. The first-order valence-electron chi connectivity index (χ1n) is 9.76. The van der Waals surface area contributed by atoms with Crippen LogP contribution in [0.5, 0.6) is 0 Å². The Bertz CT molecular complexity index is 1250. The molecule has 4 rings (SSSR count). The molecule has 0 fully saturated rings. The van der Waals surface area contributed by atoms with Crippen LogP contribution in [0.1, 0.15) is 30.0 Å². The van der Waals surface area contributed by atoms with Gasteiger partial charge >= 0.3 is 0 Å². The summed E-state index contributed by atoms with van der Waals surface area (Å²) in [5.41, 5.74) is 1.13. The maximum absolute atomic E-state index is 13.8. The van der Waals surface area contributed by atoms with Gasteiger partial charge in [0.05, 0.1) is 18.4 Å². The molecule has 9 nitrogen and oxygen atoms in total. The van der Waals surface area contributed by atoms with Gasteiger partial charge in [-0.05, 0) is 43.0 Å². The molecule has 0 aliphatic carbocycles. The molecule has 13 heteroatoms. The van der Waals surface area contributed by atoms with Crippen LogP contribution in [-0.2, 0) is 12.8 Å². The molecule has 3 N–H and O–H groups in total. The number of halogens is 4. The van der Waals surface area contributed by atoms with Crippen LogP contribution in [0, 0.1) is 17.5 Å². The molecule has 0 spiro atoms. The maximum atomic E-state index is 13.8. The molecule has 0 aliphatic heterocycles. The van der Waals surface area contributed by atoms with E-state index in [-0.39, 0.29) is 17.2 Å². The Morgan fingerprint density at radius 1 is 0.970 bits per heavy atom. The molecule has 0 aliphatic rings. The lowest BCUT2D eigenvalue weighted by molar-refractivity contribution is 0.571. The van der Waals surface area contributed by atoms with E-state index < -0.39 is 23.5 Å². The van der Waals surface area contributed by atoms with Gasteiger partial charge in [-0.1, -0.05) is 6.07 Å². The molecule has 3 heterocycles. The lowest BCUT2D eigenvalue weighted by Crippen LogP contribution is -2.14. The van der Waals surface area contributed by atoms with Crippen LogP contribution in [0.25, 0.3) is 0 Å². The molecule has 1 aromatic carbocycles. The standard InChI is InChI=1S/C20H17ClF3N9/c1-10(17-25-8-13(23)9-26-17)27-19-29-18(21)30-20(31-19)28-16-7-14(32-33-16)5-3-11-2-4-12(22)6-15(11)24/h2,4,6-10H,3,5H2,1H3,(H3,27,28,29,30,31,32,33). The highest BCUT2D eigenvalue weighted by molar-refractivity contribution is 6.28. The summed E-state index contributed by atoms with van der Waals surface area (Å²) in [4.78, 5) is 20.1. The third kappa shape index (κ3) is 5.92. The van der Waals surface area contributed by atoms with Gasteiger partial charge in [-0.2, -0.15) is 20.1 Å². The van der Waals surface area contributed by atoms with Gasteiger partial charge in [0, 0.05) is 17.8 Å². The Labute approximate surface area is 190 Å². The highest BCUT2D eigenvalue weighted by atomic mass is 35.5. The fourth-order valence-corrected chi connectivity index (χ4v) is 3.10. The van der Waals surface area contributed by atoms with Crippen molar-refractivity contribution in [2.45, 2.75) is 25.8 Å². The number of H-pyrrole nitrogens is 1. The number of aromatic amines is 1. The van der Waals surface area contributed by atoms with Crippen molar-refractivity contribution in [3.8, 4) is 0 Å². The van der Waals surface area contributed by atoms with E-state index in [1.54, 1.807) is 13.0 Å². The molecule has 0 radical (unpaired) electrons. The topological polar surface area (TPSA) is 117 Å². The quantitative estimate of drug-likeness (QED) is 0.348. The Kier molecular flexibility index (Phi) is 6.63. The summed E-state index contributed by atoms with van der Waals surface area (Å²) in [6, 6.07) is 4.77. The minimum Gasteiger partial charge on any atom is -0.344 e. The smallest absolute Gasteiger partial charge is 0.234 e. The van der Waals surface area contributed by atoms with Crippen molar-refractivity contribution in [1.29, 1.82) is 0 Å². The number of hydrogen-bond donors (Lipinski definition) is 3. The molecule has 33 heavy (non-hydrogen) atoms. The largest absolute Gasteiger partial charge is 0.344 e. The van der Waals surface area contributed by atoms with Crippen LogP contribution >= 0.6 is 11.6 Å². The van der Waals surface area contributed by atoms with Gasteiger partial charge in [-0.3, -0.25) is 5.10 Å². The van der Waals surface area contributed by atoms with Gasteiger partial charge in [0.2, 0.25) is 17.2 Å². The third-order valence-corrected chi connectivity index (χ3v) is 4.70. The zero-order valence-corrected chi connectivity index (χ0v) is 17.9. The summed E-state index contributed by atoms with van der Waals surface area (Å²) < 4.78 is 39.8. The van der Waals surface area contributed by atoms with Crippen molar-refractivity contribution < 1.29 is 13.2 Å². The van der Waals surface area contributed by atoms with Crippen LogP contribution in [0.2, 0.25) is 5.28 Å². The Balaban J connectivity index is 1.40. The summed E-state index contributed by atoms with van der Waals surface area (Å²) in [7, 11) is 0. The highest BCUT2D eigenvalue weighted by Gasteiger charge is 2.13. The normalized spacial score (nSPS) is 11.9. The third-order valence-electron chi connectivity index (χ3n) is 4.53. The lowest BCUT2D eigenvalue weighted by atomic mass is 10.1. The lowest BCUT2D eigenvalue weighted by Gasteiger charge is -2.12. The molecule has 0 bridgehead atoms. The van der Waals surface area contributed by atoms with Gasteiger partial charge in [0.25, 0.3) is 0 Å². The second kappa shape index (κ2) is 9.77. The fourth-order valence-electron chi connectivity index (χ4n) is 2.94. The number of benzene rings is 1. The van der Waals surface area contributed by atoms with E-state index in [2.05, 4.69) is 45.8 Å². The van der Waals surface area contributed by atoms with Gasteiger partial charge in [-0.15, -0.1) is 0 Å². The first-order valence-corrected chi connectivity index (χ1v) is 10.1. The second-order valence-corrected chi connectivity index (χ2v) is 7.35. The summed E-state index contributed by atoms with van der Waals surface area (Å²) >= 11 is 6.00. The average molecular weight is 476 g/mol. The van der Waals surface area contributed by atoms with Gasteiger partial charge in [0.1, 0.15) is 17.5 Å². The average Bonchev–Trinajstić information content (AvgIpc) is 3.20. The monoisotopic (exact) mass is 475 g/mol. The van der Waals surface area contributed by atoms with E-state index in [4.69, 9.17) is 11.6 Å². The molecule has 0 amide bonds. The number of hydrogen-bond acceptors (Lipinski definition) is 8. The molecule has 1 unspecified atom stereocenters. The molecule has 0 saturated heterocycles. The van der Waals surface area contributed by atoms with Gasteiger partial charge in [-0.25, -0.2) is 23.1 Å². The molecule has 1 atom stereocenters. The number of rotatable bonds is 8. The van der Waals surface area contributed by atoms with E-state index in [1.807, 2.05) is 0 Å². The van der Waals surface area contributed by atoms with Crippen molar-refractivity contribution >= 4 is 29.3 Å². The maximum Gasteiger partial charge on any atom is 0.234 e. The molecule has 0 saturated carbocycles. The van der Waals surface area contributed by atoms with E-state index >= 15 is 0 Å². The van der Waals surface area contributed by atoms with Gasteiger partial charge < -0.3 is 10.6 Å². The molecular formula is C20H17ClF3N9. The van der Waals surface area contributed by atoms with Crippen LogP contribution in [0.15, 0.2) is 36.7 Å². The SMILES string of the molecule is CC(Nc1nc(Cl)nc(Nc2cc(CCc3ccc(F)cc3F)[nH]n2)n1)c1ncc(F)cn1. The van der Waals surface area contributed by atoms with Crippen LogP contribution in [-0.4, -0.2) is 35.1 Å². The number of anilines is 3. The minimum absolute atomic E-state index is 0.0650. The molecule has 3 aromatic heterocycles. The zero-order chi connectivity index (χ0) is 23.4. The van der Waals surface area contributed by atoms with Crippen LogP contribution in [0.3, 0.4) is 0 Å². The molecular weight excluding hydrogens is 459 g/mol. The second-order valence-electron chi connectivity index (χ2n) is 7.02. The predicted molar refractivity (Wildman–Crippen MR) is 115 cm³/mol. The van der Waals surface area contributed by atoms with Crippen molar-refractivity contribution in [3.63, 3.8) is 0 Å². The Morgan fingerprint density at radius 2 is 1.73 bits per heavy atom. The van der Waals surface area contributed by atoms with E-state index in [0.29, 0.717) is 30.0 Å². The number of aromatic nitrogens is 7. The van der Waals surface area contributed by atoms with E-state index in [9.17, 15) is 13.2 Å². The molecule has 4 aromatic rings. The summed E-state index contributed by atoms with van der Waals surface area (Å²) in [6.07, 6.45) is 2.95.